The molecule has 2 heterocycles. The smallest absolute Gasteiger partial charge is 0.248 e. The van der Waals surface area contributed by atoms with E-state index in [1.54, 1.807) is 47.6 Å². The number of fused-ring (bicyclic) bond motifs is 1. The Bertz CT molecular complexity index is 1170. The summed E-state index contributed by atoms with van der Waals surface area (Å²) in [5.74, 6) is 0.254. The average Bonchev–Trinajstić information content (AvgIpc) is 3.11. The van der Waals surface area contributed by atoms with E-state index < -0.39 is 5.91 Å². The number of carbonyl (C=O) groups excluding carboxylic acids is 1. The lowest BCUT2D eigenvalue weighted by Crippen LogP contribution is -2.11. The molecule has 1 unspecified atom stereocenters. The van der Waals surface area contributed by atoms with E-state index in [1.165, 1.54) is 12.1 Å². The summed E-state index contributed by atoms with van der Waals surface area (Å²) in [4.78, 5) is 24.6. The van der Waals surface area contributed by atoms with Gasteiger partial charge in [-0.2, -0.15) is 0 Å². The maximum absolute atomic E-state index is 13.5. The van der Waals surface area contributed by atoms with Crippen molar-refractivity contribution in [2.24, 2.45) is 5.73 Å². The number of nitrogens with zero attached hydrogens (tertiary/aromatic N) is 4. The van der Waals surface area contributed by atoms with Gasteiger partial charge in [0, 0.05) is 5.56 Å². The molecule has 4 aromatic rings. The largest absolute Gasteiger partial charge is 0.366 e. The van der Waals surface area contributed by atoms with Crippen molar-refractivity contribution in [1.29, 1.82) is 0 Å². The molecule has 140 valence electrons. The third-order valence-corrected chi connectivity index (χ3v) is 4.41. The third-order valence-electron chi connectivity index (χ3n) is 4.41. The Morgan fingerprint density at radius 2 is 2.07 bits per heavy atom. The van der Waals surface area contributed by atoms with Crippen LogP contribution in [0, 0.1) is 5.82 Å². The fraction of sp³-hybridized carbons (Fsp3) is 0.100. The van der Waals surface area contributed by atoms with Crippen LogP contribution in [0.3, 0.4) is 0 Å². The zero-order valence-electron chi connectivity index (χ0n) is 15.0. The molecule has 8 heteroatoms. The average molecular weight is 376 g/mol. The zero-order chi connectivity index (χ0) is 19.7. The second kappa shape index (κ2) is 7.07. The van der Waals surface area contributed by atoms with Crippen molar-refractivity contribution in [3.05, 3.63) is 78.1 Å². The molecule has 28 heavy (non-hydrogen) atoms. The molecule has 0 saturated heterocycles. The normalized spacial score (nSPS) is 12.1. The molecule has 4 rings (SSSR count). The minimum atomic E-state index is -0.514. The molecule has 0 aliphatic heterocycles. The fourth-order valence-electron chi connectivity index (χ4n) is 2.97. The van der Waals surface area contributed by atoms with E-state index in [0.29, 0.717) is 28.2 Å². The summed E-state index contributed by atoms with van der Waals surface area (Å²) < 4.78 is 15.2. The summed E-state index contributed by atoms with van der Waals surface area (Å²) in [6.07, 6.45) is 4.79. The van der Waals surface area contributed by atoms with Gasteiger partial charge in [-0.1, -0.05) is 12.1 Å². The Labute approximate surface area is 160 Å². The highest BCUT2D eigenvalue weighted by Crippen LogP contribution is 2.21. The first kappa shape index (κ1) is 17.6. The van der Waals surface area contributed by atoms with E-state index in [-0.39, 0.29) is 11.9 Å². The highest BCUT2D eigenvalue weighted by atomic mass is 19.1. The zero-order valence-corrected chi connectivity index (χ0v) is 15.0. The Morgan fingerprint density at radius 1 is 1.21 bits per heavy atom. The number of hydrogen-bond acceptors (Lipinski definition) is 5. The minimum Gasteiger partial charge on any atom is -0.366 e. The Balaban J connectivity index is 1.66. The predicted molar refractivity (Wildman–Crippen MR) is 104 cm³/mol. The van der Waals surface area contributed by atoms with E-state index >= 15 is 0 Å². The standard InChI is InChI=1S/C20H17FN6O/c1-12(13-3-2-4-15(21)7-13)25-18-9-23-10-19(26-18)27-11-24-16-6-5-14(20(22)28)8-17(16)27/h2-12H,1H3,(H2,22,28)(H,25,26). The molecule has 3 N–H and O–H groups in total. The van der Waals surface area contributed by atoms with E-state index in [4.69, 9.17) is 5.73 Å². The number of rotatable bonds is 5. The molecule has 0 spiro atoms. The molecule has 0 bridgehead atoms. The van der Waals surface area contributed by atoms with Gasteiger partial charge in [0.1, 0.15) is 18.0 Å². The maximum atomic E-state index is 13.5. The Hall–Kier alpha value is -3.81. The summed E-state index contributed by atoms with van der Waals surface area (Å²) in [6.45, 7) is 1.91. The first-order valence-electron chi connectivity index (χ1n) is 8.62. The summed E-state index contributed by atoms with van der Waals surface area (Å²) in [6, 6.07) is 11.2. The number of anilines is 1. The van der Waals surface area contributed by atoms with Crippen LogP contribution in [0.25, 0.3) is 16.9 Å². The van der Waals surface area contributed by atoms with Crippen LogP contribution >= 0.6 is 0 Å². The minimum absolute atomic E-state index is 0.166. The van der Waals surface area contributed by atoms with Crippen molar-refractivity contribution in [1.82, 2.24) is 19.5 Å². The third kappa shape index (κ3) is 3.39. The second-order valence-corrected chi connectivity index (χ2v) is 6.37. The SMILES string of the molecule is CC(Nc1cncc(-n2cnc3ccc(C(N)=O)cc32)n1)c1cccc(F)c1. The molecule has 2 aromatic carbocycles. The van der Waals surface area contributed by atoms with Gasteiger partial charge in [-0.15, -0.1) is 0 Å². The Kier molecular flexibility index (Phi) is 4.44. The van der Waals surface area contributed by atoms with E-state index in [9.17, 15) is 9.18 Å². The van der Waals surface area contributed by atoms with Gasteiger partial charge < -0.3 is 11.1 Å². The highest BCUT2D eigenvalue weighted by Gasteiger charge is 2.12. The number of amides is 1. The van der Waals surface area contributed by atoms with E-state index in [2.05, 4.69) is 20.3 Å². The number of primary amides is 1. The highest BCUT2D eigenvalue weighted by molar-refractivity contribution is 5.96. The number of imidazole rings is 1. The van der Waals surface area contributed by atoms with Crippen molar-refractivity contribution in [3.63, 3.8) is 0 Å². The molecular weight excluding hydrogens is 359 g/mol. The number of halogens is 1. The van der Waals surface area contributed by atoms with Crippen molar-refractivity contribution in [2.45, 2.75) is 13.0 Å². The van der Waals surface area contributed by atoms with Crippen molar-refractivity contribution < 1.29 is 9.18 Å². The van der Waals surface area contributed by atoms with Crippen LogP contribution in [0.2, 0.25) is 0 Å². The number of benzene rings is 2. The molecule has 0 aliphatic carbocycles. The monoisotopic (exact) mass is 376 g/mol. The quantitative estimate of drug-likeness (QED) is 0.557. The summed E-state index contributed by atoms with van der Waals surface area (Å²) >= 11 is 0. The lowest BCUT2D eigenvalue weighted by Gasteiger charge is -2.15. The molecule has 0 saturated carbocycles. The van der Waals surface area contributed by atoms with Gasteiger partial charge in [0.25, 0.3) is 0 Å². The lowest BCUT2D eigenvalue weighted by molar-refractivity contribution is 0.100. The molecule has 1 amide bonds. The van der Waals surface area contributed by atoms with Crippen LogP contribution in [0.15, 0.2) is 61.2 Å². The van der Waals surface area contributed by atoms with Crippen LogP contribution in [0.5, 0.6) is 0 Å². The molecular formula is C20H17FN6O. The summed E-state index contributed by atoms with van der Waals surface area (Å²) in [7, 11) is 0. The molecule has 7 nitrogen and oxygen atoms in total. The maximum Gasteiger partial charge on any atom is 0.248 e. The predicted octanol–water partition coefficient (Wildman–Crippen LogP) is 3.23. The summed E-state index contributed by atoms with van der Waals surface area (Å²) in [5, 5.41) is 3.22. The van der Waals surface area contributed by atoms with Gasteiger partial charge in [0.2, 0.25) is 5.91 Å². The number of carbonyl (C=O) groups is 1. The fourth-order valence-corrected chi connectivity index (χ4v) is 2.97. The van der Waals surface area contributed by atoms with Crippen LogP contribution in [0.1, 0.15) is 28.9 Å². The van der Waals surface area contributed by atoms with Crippen LogP contribution in [-0.2, 0) is 0 Å². The lowest BCUT2D eigenvalue weighted by atomic mass is 10.1. The topological polar surface area (TPSA) is 98.7 Å². The van der Waals surface area contributed by atoms with Crippen LogP contribution < -0.4 is 11.1 Å². The molecule has 0 radical (unpaired) electrons. The Morgan fingerprint density at radius 3 is 2.86 bits per heavy atom. The van der Waals surface area contributed by atoms with Gasteiger partial charge >= 0.3 is 0 Å². The van der Waals surface area contributed by atoms with Crippen LogP contribution in [0.4, 0.5) is 10.2 Å². The van der Waals surface area contributed by atoms with Gasteiger partial charge in [-0.25, -0.2) is 14.4 Å². The van der Waals surface area contributed by atoms with Crippen molar-refractivity contribution in [2.75, 3.05) is 5.32 Å². The van der Waals surface area contributed by atoms with Crippen molar-refractivity contribution >= 4 is 22.8 Å². The summed E-state index contributed by atoms with van der Waals surface area (Å²) in [5.41, 5.74) is 7.96. The second-order valence-electron chi connectivity index (χ2n) is 6.37. The first-order chi connectivity index (χ1) is 13.5. The molecule has 1 atom stereocenters. The molecule has 0 aliphatic rings. The van der Waals surface area contributed by atoms with E-state index in [1.807, 2.05) is 13.0 Å². The molecule has 2 aromatic heterocycles. The number of hydrogen-bond donors (Lipinski definition) is 2. The van der Waals surface area contributed by atoms with Crippen molar-refractivity contribution in [3.8, 4) is 5.82 Å². The molecule has 0 fully saturated rings. The van der Waals surface area contributed by atoms with Crippen LogP contribution in [-0.4, -0.2) is 25.4 Å². The number of nitrogens with two attached hydrogens (primary N) is 1. The van der Waals surface area contributed by atoms with Gasteiger partial charge in [0.15, 0.2) is 5.82 Å². The van der Waals surface area contributed by atoms with Gasteiger partial charge in [0.05, 0.1) is 29.5 Å². The van der Waals surface area contributed by atoms with Gasteiger partial charge in [-0.3, -0.25) is 14.3 Å². The number of aromatic nitrogens is 4. The van der Waals surface area contributed by atoms with E-state index in [0.717, 1.165) is 5.56 Å². The first-order valence-corrected chi connectivity index (χ1v) is 8.62. The van der Waals surface area contributed by atoms with Gasteiger partial charge in [-0.05, 0) is 42.8 Å². The number of nitrogens with one attached hydrogen (secondary N) is 1.